The minimum absolute atomic E-state index is 0.139. The van der Waals surface area contributed by atoms with E-state index >= 15 is 0 Å². The molecule has 1 N–H and O–H groups in total. The average Bonchev–Trinajstić information content (AvgIpc) is 3.29. The molecule has 2 aromatic carbocycles. The highest BCUT2D eigenvalue weighted by Gasteiger charge is 2.32. The maximum Gasteiger partial charge on any atom is 0.254 e. The monoisotopic (exact) mass is 456 g/mol. The molecule has 31 heavy (non-hydrogen) atoms. The molecule has 0 radical (unpaired) electrons. The Balaban J connectivity index is 1.46. The molecule has 1 saturated heterocycles. The Hall–Kier alpha value is -2.83. The van der Waals surface area contributed by atoms with Crippen LogP contribution in [0.2, 0.25) is 10.0 Å². The van der Waals surface area contributed by atoms with Crippen LogP contribution in [0.25, 0.3) is 0 Å². The van der Waals surface area contributed by atoms with E-state index in [0.29, 0.717) is 40.8 Å². The Morgan fingerprint density at radius 2 is 1.87 bits per heavy atom. The minimum Gasteiger partial charge on any atom is -0.327 e. The van der Waals surface area contributed by atoms with Crippen LogP contribution in [-0.2, 0) is 11.3 Å². The number of anilines is 1. The fraction of sp³-hybridized carbons (Fsp3) is 0.261. The third-order valence-corrected chi connectivity index (χ3v) is 6.10. The fourth-order valence-electron chi connectivity index (χ4n) is 3.75. The van der Waals surface area contributed by atoms with Crippen LogP contribution < -0.4 is 5.32 Å². The van der Waals surface area contributed by atoms with E-state index in [1.54, 1.807) is 29.3 Å². The zero-order valence-electron chi connectivity index (χ0n) is 16.8. The first-order chi connectivity index (χ1) is 15.0. The van der Waals surface area contributed by atoms with Gasteiger partial charge in [-0.2, -0.15) is 5.10 Å². The Labute approximate surface area is 190 Å². The van der Waals surface area contributed by atoms with Crippen molar-refractivity contribution in [3.63, 3.8) is 0 Å². The first-order valence-corrected chi connectivity index (χ1v) is 10.9. The van der Waals surface area contributed by atoms with Crippen molar-refractivity contribution in [1.82, 2.24) is 14.7 Å². The quantitative estimate of drug-likeness (QED) is 0.595. The molecule has 6 nitrogen and oxygen atoms in total. The van der Waals surface area contributed by atoms with Crippen LogP contribution in [0.1, 0.15) is 35.2 Å². The minimum atomic E-state index is -0.528. The van der Waals surface area contributed by atoms with Gasteiger partial charge in [-0.1, -0.05) is 35.3 Å². The highest BCUT2D eigenvalue weighted by Crippen LogP contribution is 2.26. The summed E-state index contributed by atoms with van der Waals surface area (Å²) in [5.41, 5.74) is 2.17. The van der Waals surface area contributed by atoms with E-state index in [4.69, 9.17) is 23.2 Å². The summed E-state index contributed by atoms with van der Waals surface area (Å²) in [6.45, 7) is 1.19. The van der Waals surface area contributed by atoms with Gasteiger partial charge in [-0.3, -0.25) is 14.3 Å². The topological polar surface area (TPSA) is 67.2 Å². The molecule has 1 aliphatic rings. The molecule has 0 aliphatic carbocycles. The number of aromatic nitrogens is 2. The molecule has 160 valence electrons. The Morgan fingerprint density at radius 1 is 1.06 bits per heavy atom. The van der Waals surface area contributed by atoms with Crippen LogP contribution in [-0.4, -0.2) is 39.1 Å². The van der Waals surface area contributed by atoms with Crippen molar-refractivity contribution >= 4 is 40.7 Å². The zero-order valence-corrected chi connectivity index (χ0v) is 18.3. The van der Waals surface area contributed by atoms with Gasteiger partial charge in [0.1, 0.15) is 6.04 Å². The normalized spacial score (nSPS) is 16.2. The SMILES string of the molecule is O=C(Nc1ccc(Cl)c(Cl)c1)[C@H]1CCCCN1C(=O)c1ccc(Cn2cccn2)cc1. The number of benzene rings is 2. The number of nitrogens with one attached hydrogen (secondary N) is 1. The van der Waals surface area contributed by atoms with Gasteiger partial charge in [0, 0.05) is 30.2 Å². The predicted octanol–water partition coefficient (Wildman–Crippen LogP) is 4.87. The summed E-state index contributed by atoms with van der Waals surface area (Å²) in [5, 5.41) is 7.85. The van der Waals surface area contributed by atoms with Crippen LogP contribution in [0, 0.1) is 0 Å². The Morgan fingerprint density at radius 3 is 2.58 bits per heavy atom. The summed E-state index contributed by atoms with van der Waals surface area (Å²) >= 11 is 12.0. The van der Waals surface area contributed by atoms with Crippen LogP contribution in [0.3, 0.4) is 0 Å². The molecule has 8 heteroatoms. The fourth-order valence-corrected chi connectivity index (χ4v) is 4.04. The summed E-state index contributed by atoms with van der Waals surface area (Å²) < 4.78 is 1.82. The number of rotatable bonds is 5. The molecule has 0 unspecified atom stereocenters. The predicted molar refractivity (Wildman–Crippen MR) is 122 cm³/mol. The number of carbonyl (C=O) groups is 2. The van der Waals surface area contributed by atoms with Gasteiger partial charge in [0.25, 0.3) is 5.91 Å². The molecule has 1 atom stereocenters. The number of hydrogen-bond donors (Lipinski definition) is 1. The highest BCUT2D eigenvalue weighted by molar-refractivity contribution is 6.42. The van der Waals surface area contributed by atoms with Crippen molar-refractivity contribution in [3.05, 3.63) is 82.1 Å². The standard InChI is InChI=1S/C23H22Cl2N4O2/c24-19-10-9-18(14-20(19)25)27-22(30)21-4-1-2-13-29(21)23(31)17-7-5-16(6-8-17)15-28-12-3-11-26-28/h3,5-12,14,21H,1-2,4,13,15H2,(H,27,30)/t21-/m1/s1. The molecule has 3 aromatic rings. The zero-order chi connectivity index (χ0) is 21.8. The number of amides is 2. The first kappa shape index (κ1) is 21.4. The van der Waals surface area contributed by atoms with Gasteiger partial charge in [0.15, 0.2) is 0 Å². The van der Waals surface area contributed by atoms with Crippen LogP contribution in [0.5, 0.6) is 0 Å². The number of piperidine rings is 1. The lowest BCUT2D eigenvalue weighted by Crippen LogP contribution is -2.50. The van der Waals surface area contributed by atoms with Crippen molar-refractivity contribution < 1.29 is 9.59 Å². The van der Waals surface area contributed by atoms with Gasteiger partial charge in [0.2, 0.25) is 5.91 Å². The molecular formula is C23H22Cl2N4O2. The van der Waals surface area contributed by atoms with Gasteiger partial charge in [-0.25, -0.2) is 0 Å². The maximum atomic E-state index is 13.2. The molecule has 0 saturated carbocycles. The lowest BCUT2D eigenvalue weighted by Gasteiger charge is -2.34. The van der Waals surface area contributed by atoms with Gasteiger partial charge in [-0.05, 0) is 61.2 Å². The maximum absolute atomic E-state index is 13.2. The van der Waals surface area contributed by atoms with Gasteiger partial charge in [-0.15, -0.1) is 0 Å². The molecule has 0 spiro atoms. The molecular weight excluding hydrogens is 435 g/mol. The van der Waals surface area contributed by atoms with Crippen LogP contribution in [0.4, 0.5) is 5.69 Å². The number of nitrogens with zero attached hydrogens (tertiary/aromatic N) is 3. The Bertz CT molecular complexity index is 1070. The van der Waals surface area contributed by atoms with Crippen LogP contribution in [0.15, 0.2) is 60.9 Å². The van der Waals surface area contributed by atoms with Crippen molar-refractivity contribution in [2.45, 2.75) is 31.8 Å². The number of likely N-dealkylation sites (tertiary alicyclic amines) is 1. The Kier molecular flexibility index (Phi) is 6.59. The van der Waals surface area contributed by atoms with Crippen molar-refractivity contribution in [2.24, 2.45) is 0 Å². The van der Waals surface area contributed by atoms with Gasteiger partial charge >= 0.3 is 0 Å². The summed E-state index contributed by atoms with van der Waals surface area (Å²) in [4.78, 5) is 27.8. The van der Waals surface area contributed by atoms with E-state index in [1.807, 2.05) is 41.2 Å². The summed E-state index contributed by atoms with van der Waals surface area (Å²) in [5.74, 6) is -0.360. The van der Waals surface area contributed by atoms with E-state index in [1.165, 1.54) is 0 Å². The van der Waals surface area contributed by atoms with E-state index in [0.717, 1.165) is 18.4 Å². The third-order valence-electron chi connectivity index (χ3n) is 5.36. The number of hydrogen-bond acceptors (Lipinski definition) is 3. The van der Waals surface area contributed by atoms with E-state index < -0.39 is 6.04 Å². The molecule has 1 fully saturated rings. The van der Waals surface area contributed by atoms with Gasteiger partial charge in [0.05, 0.1) is 16.6 Å². The van der Waals surface area contributed by atoms with E-state index in [2.05, 4.69) is 10.4 Å². The lowest BCUT2D eigenvalue weighted by molar-refractivity contribution is -0.121. The first-order valence-electron chi connectivity index (χ1n) is 10.1. The smallest absolute Gasteiger partial charge is 0.254 e. The second kappa shape index (κ2) is 9.54. The molecule has 1 aromatic heterocycles. The molecule has 1 aliphatic heterocycles. The molecule has 2 heterocycles. The second-order valence-corrected chi connectivity index (χ2v) is 8.34. The van der Waals surface area contributed by atoms with Crippen LogP contribution >= 0.6 is 23.2 Å². The summed E-state index contributed by atoms with van der Waals surface area (Å²) in [7, 11) is 0. The second-order valence-electron chi connectivity index (χ2n) is 7.53. The average molecular weight is 457 g/mol. The van der Waals surface area contributed by atoms with Crippen molar-refractivity contribution in [2.75, 3.05) is 11.9 Å². The molecule has 4 rings (SSSR count). The largest absolute Gasteiger partial charge is 0.327 e. The van der Waals surface area contributed by atoms with Gasteiger partial charge < -0.3 is 10.2 Å². The van der Waals surface area contributed by atoms with E-state index in [-0.39, 0.29) is 11.8 Å². The molecule has 2 amide bonds. The third kappa shape index (κ3) is 5.09. The van der Waals surface area contributed by atoms with E-state index in [9.17, 15) is 9.59 Å². The highest BCUT2D eigenvalue weighted by atomic mass is 35.5. The van der Waals surface area contributed by atoms with Crippen molar-refractivity contribution in [3.8, 4) is 0 Å². The summed E-state index contributed by atoms with van der Waals surface area (Å²) in [6, 6.07) is 13.7. The number of halogens is 2. The number of carbonyl (C=O) groups excluding carboxylic acids is 2. The lowest BCUT2D eigenvalue weighted by atomic mass is 9.99. The summed E-state index contributed by atoms with van der Waals surface area (Å²) in [6.07, 6.45) is 6.02. The van der Waals surface area contributed by atoms with Crippen molar-refractivity contribution in [1.29, 1.82) is 0 Å². The molecule has 0 bridgehead atoms.